The van der Waals surface area contributed by atoms with E-state index in [1.54, 1.807) is 0 Å². The van der Waals surface area contributed by atoms with Gasteiger partial charge in [0.05, 0.1) is 6.20 Å². The molecule has 0 amide bonds. The molecule has 4 rings (SSSR count). The van der Waals surface area contributed by atoms with E-state index in [2.05, 4.69) is 59.1 Å². The highest BCUT2D eigenvalue weighted by Crippen LogP contribution is 2.41. The number of aromatic nitrogens is 2. The highest BCUT2D eigenvalue weighted by Gasteiger charge is 2.30. The fourth-order valence-electron chi connectivity index (χ4n) is 3.80. The van der Waals surface area contributed by atoms with Crippen LogP contribution in [0.15, 0.2) is 30.5 Å². The Morgan fingerprint density at radius 2 is 1.96 bits per heavy atom. The quantitative estimate of drug-likeness (QED) is 0.840. The molecular formula is C20H27N3O. The lowest BCUT2D eigenvalue weighted by Crippen LogP contribution is -2.37. The molecule has 0 N–H and O–H groups in total. The second-order valence-corrected chi connectivity index (χ2v) is 7.36. The van der Waals surface area contributed by atoms with Gasteiger partial charge in [0.1, 0.15) is 11.9 Å². The highest BCUT2D eigenvalue weighted by atomic mass is 16.5. The molecule has 1 saturated heterocycles. The average molecular weight is 325 g/mol. The number of hydrogen-bond donors (Lipinski definition) is 0. The van der Waals surface area contributed by atoms with Crippen LogP contribution < -0.4 is 4.74 Å². The summed E-state index contributed by atoms with van der Waals surface area (Å²) >= 11 is 0. The fourth-order valence-corrected chi connectivity index (χ4v) is 3.80. The number of aryl methyl sites for hydroxylation is 2. The van der Waals surface area contributed by atoms with Crippen LogP contribution in [0, 0.1) is 6.92 Å². The summed E-state index contributed by atoms with van der Waals surface area (Å²) in [7, 11) is 2.08. The Balaban J connectivity index is 1.32. The molecule has 2 aliphatic rings. The molecule has 1 aliphatic heterocycles. The minimum atomic E-state index is 0.347. The van der Waals surface area contributed by atoms with Crippen molar-refractivity contribution in [1.82, 2.24) is 14.7 Å². The van der Waals surface area contributed by atoms with Crippen LogP contribution in [-0.4, -0.2) is 33.9 Å². The predicted molar refractivity (Wildman–Crippen MR) is 95.3 cm³/mol. The van der Waals surface area contributed by atoms with E-state index in [9.17, 15) is 0 Å². The van der Waals surface area contributed by atoms with Crippen LogP contribution in [0.25, 0.3) is 0 Å². The van der Waals surface area contributed by atoms with Crippen molar-refractivity contribution >= 4 is 0 Å². The maximum absolute atomic E-state index is 6.17. The van der Waals surface area contributed by atoms with Crippen LogP contribution >= 0.6 is 0 Å². The van der Waals surface area contributed by atoms with E-state index in [0.717, 1.165) is 44.1 Å². The third-order valence-electron chi connectivity index (χ3n) is 5.25. The smallest absolute Gasteiger partial charge is 0.119 e. The number of nitrogens with zero attached hydrogens (tertiary/aromatic N) is 3. The van der Waals surface area contributed by atoms with E-state index < -0.39 is 0 Å². The minimum absolute atomic E-state index is 0.347. The Labute approximate surface area is 144 Å². The van der Waals surface area contributed by atoms with Gasteiger partial charge in [0.25, 0.3) is 0 Å². The molecule has 24 heavy (non-hydrogen) atoms. The minimum Gasteiger partial charge on any atom is -0.490 e. The third-order valence-corrected chi connectivity index (χ3v) is 5.25. The standard InChI is InChI=1S/C20H27N3O/c1-15-4-3-5-19(12-15)24-18-8-10-23(11-9-18)14-17-13-21-22(2)20(17)16-6-7-16/h3-5,12-13,16,18H,6-11,14H2,1-2H3. The zero-order valence-electron chi connectivity index (χ0n) is 14.7. The van der Waals surface area contributed by atoms with E-state index in [0.29, 0.717) is 6.10 Å². The summed E-state index contributed by atoms with van der Waals surface area (Å²) in [5.41, 5.74) is 4.15. The summed E-state index contributed by atoms with van der Waals surface area (Å²) in [6, 6.07) is 8.38. The van der Waals surface area contributed by atoms with Gasteiger partial charge in [-0.25, -0.2) is 0 Å². The van der Waals surface area contributed by atoms with Gasteiger partial charge in [-0.15, -0.1) is 0 Å². The van der Waals surface area contributed by atoms with Crippen LogP contribution in [0.1, 0.15) is 48.4 Å². The lowest BCUT2D eigenvalue weighted by atomic mass is 10.1. The average Bonchev–Trinajstić information content (AvgIpc) is 3.33. The number of ether oxygens (including phenoxy) is 1. The zero-order chi connectivity index (χ0) is 16.5. The van der Waals surface area contributed by atoms with Gasteiger partial charge in [0.2, 0.25) is 0 Å². The van der Waals surface area contributed by atoms with E-state index in [-0.39, 0.29) is 0 Å². The van der Waals surface area contributed by atoms with Crippen molar-refractivity contribution in [1.29, 1.82) is 0 Å². The normalized spacial score (nSPS) is 19.6. The van der Waals surface area contributed by atoms with Crippen LogP contribution in [0.3, 0.4) is 0 Å². The second kappa shape index (κ2) is 6.60. The van der Waals surface area contributed by atoms with Gasteiger partial charge in [-0.1, -0.05) is 12.1 Å². The maximum Gasteiger partial charge on any atom is 0.119 e. The largest absolute Gasteiger partial charge is 0.490 e. The molecule has 0 radical (unpaired) electrons. The maximum atomic E-state index is 6.17. The molecular weight excluding hydrogens is 298 g/mol. The van der Waals surface area contributed by atoms with Gasteiger partial charge < -0.3 is 4.74 Å². The molecule has 1 aromatic carbocycles. The Morgan fingerprint density at radius 3 is 2.67 bits per heavy atom. The molecule has 1 aliphatic carbocycles. The molecule has 0 spiro atoms. The molecule has 4 heteroatoms. The van der Waals surface area contributed by atoms with E-state index >= 15 is 0 Å². The first-order chi connectivity index (χ1) is 11.7. The van der Waals surface area contributed by atoms with Gasteiger partial charge in [-0.2, -0.15) is 5.10 Å². The Hall–Kier alpha value is -1.81. The monoisotopic (exact) mass is 325 g/mol. The van der Waals surface area contributed by atoms with E-state index in [1.165, 1.54) is 29.7 Å². The molecule has 1 saturated carbocycles. The first kappa shape index (κ1) is 15.7. The second-order valence-electron chi connectivity index (χ2n) is 7.36. The SMILES string of the molecule is Cc1cccc(OC2CCN(Cc3cnn(C)c3C3CC3)CC2)c1. The number of benzene rings is 1. The molecule has 0 atom stereocenters. The Bertz CT molecular complexity index is 697. The summed E-state index contributed by atoms with van der Waals surface area (Å²) in [6.45, 7) is 5.36. The Kier molecular flexibility index (Phi) is 4.31. The molecule has 2 heterocycles. The van der Waals surface area contributed by atoms with Crippen LogP contribution in [0.2, 0.25) is 0 Å². The van der Waals surface area contributed by atoms with Crippen LogP contribution in [0.4, 0.5) is 0 Å². The number of hydrogen-bond acceptors (Lipinski definition) is 3. The topological polar surface area (TPSA) is 30.3 Å². The van der Waals surface area contributed by atoms with Crippen molar-refractivity contribution in [3.8, 4) is 5.75 Å². The summed E-state index contributed by atoms with van der Waals surface area (Å²) in [6.07, 6.45) is 7.29. The summed E-state index contributed by atoms with van der Waals surface area (Å²) < 4.78 is 8.25. The van der Waals surface area contributed by atoms with Gasteiger partial charge >= 0.3 is 0 Å². The van der Waals surface area contributed by atoms with E-state index in [1.807, 2.05) is 0 Å². The molecule has 0 unspecified atom stereocenters. The molecule has 4 nitrogen and oxygen atoms in total. The van der Waals surface area contributed by atoms with Crippen molar-refractivity contribution < 1.29 is 4.74 Å². The highest BCUT2D eigenvalue weighted by molar-refractivity contribution is 5.28. The summed E-state index contributed by atoms with van der Waals surface area (Å²) in [5, 5.41) is 4.49. The Morgan fingerprint density at radius 1 is 1.17 bits per heavy atom. The number of piperidine rings is 1. The summed E-state index contributed by atoms with van der Waals surface area (Å²) in [5.74, 6) is 1.77. The van der Waals surface area contributed by atoms with Gasteiger partial charge in [-0.05, 0) is 50.3 Å². The van der Waals surface area contributed by atoms with Gasteiger partial charge in [-0.3, -0.25) is 9.58 Å². The fraction of sp³-hybridized carbons (Fsp3) is 0.550. The molecule has 128 valence electrons. The van der Waals surface area contributed by atoms with Crippen molar-refractivity contribution in [2.75, 3.05) is 13.1 Å². The third kappa shape index (κ3) is 3.48. The van der Waals surface area contributed by atoms with Crippen molar-refractivity contribution in [3.05, 3.63) is 47.3 Å². The zero-order valence-corrected chi connectivity index (χ0v) is 14.7. The molecule has 2 fully saturated rings. The first-order valence-corrected chi connectivity index (χ1v) is 9.15. The first-order valence-electron chi connectivity index (χ1n) is 9.15. The lowest BCUT2D eigenvalue weighted by Gasteiger charge is -2.32. The van der Waals surface area contributed by atoms with Gasteiger partial charge in [0, 0.05) is 43.9 Å². The van der Waals surface area contributed by atoms with Crippen molar-refractivity contribution in [2.24, 2.45) is 7.05 Å². The van der Waals surface area contributed by atoms with Crippen LogP contribution in [-0.2, 0) is 13.6 Å². The van der Waals surface area contributed by atoms with Gasteiger partial charge in [0.15, 0.2) is 0 Å². The van der Waals surface area contributed by atoms with Crippen molar-refractivity contribution in [3.63, 3.8) is 0 Å². The number of rotatable bonds is 5. The van der Waals surface area contributed by atoms with E-state index in [4.69, 9.17) is 4.74 Å². The predicted octanol–water partition coefficient (Wildman–Crippen LogP) is 3.65. The molecule has 2 aromatic rings. The molecule has 1 aromatic heterocycles. The van der Waals surface area contributed by atoms with Crippen LogP contribution in [0.5, 0.6) is 5.75 Å². The number of likely N-dealkylation sites (tertiary alicyclic amines) is 1. The van der Waals surface area contributed by atoms with Crippen molar-refractivity contribution in [2.45, 2.75) is 51.2 Å². The summed E-state index contributed by atoms with van der Waals surface area (Å²) in [4.78, 5) is 2.55. The lowest BCUT2D eigenvalue weighted by molar-refractivity contribution is 0.0966. The molecule has 0 bridgehead atoms.